The van der Waals surface area contributed by atoms with Crippen LogP contribution in [-0.4, -0.2) is 24.6 Å². The molecule has 2 aliphatic rings. The molecule has 0 radical (unpaired) electrons. The van der Waals surface area contributed by atoms with Gasteiger partial charge in [0.1, 0.15) is 5.75 Å². The Morgan fingerprint density at radius 3 is 2.43 bits per heavy atom. The van der Waals surface area contributed by atoms with Crippen molar-refractivity contribution < 1.29 is 9.53 Å². The fourth-order valence-corrected chi connectivity index (χ4v) is 3.12. The molecule has 1 aliphatic carbocycles. The number of hydrogen-bond acceptors (Lipinski definition) is 3. The van der Waals surface area contributed by atoms with Crippen molar-refractivity contribution in [2.45, 2.75) is 57.1 Å². The lowest BCUT2D eigenvalue weighted by molar-refractivity contribution is -0.118. The first-order chi connectivity index (χ1) is 10.3. The van der Waals surface area contributed by atoms with Crippen molar-refractivity contribution in [3.8, 4) is 5.75 Å². The van der Waals surface area contributed by atoms with E-state index < -0.39 is 0 Å². The topological polar surface area (TPSA) is 50.4 Å². The van der Waals surface area contributed by atoms with Gasteiger partial charge < -0.3 is 15.4 Å². The van der Waals surface area contributed by atoms with Crippen LogP contribution in [0, 0.1) is 0 Å². The fraction of sp³-hybridized carbons (Fsp3) is 0.588. The smallest absolute Gasteiger partial charge is 0.241 e. The Hall–Kier alpha value is -1.55. The van der Waals surface area contributed by atoms with E-state index in [4.69, 9.17) is 4.74 Å². The molecule has 1 atom stereocenters. The zero-order valence-electron chi connectivity index (χ0n) is 12.4. The molecule has 0 aromatic heterocycles. The lowest BCUT2D eigenvalue weighted by Gasteiger charge is -2.22. The summed E-state index contributed by atoms with van der Waals surface area (Å²) in [5.41, 5.74) is 0.839. The van der Waals surface area contributed by atoms with Crippen molar-refractivity contribution in [3.63, 3.8) is 0 Å². The minimum absolute atomic E-state index is 0.0480. The molecule has 1 aliphatic heterocycles. The van der Waals surface area contributed by atoms with Crippen LogP contribution in [0.15, 0.2) is 24.3 Å². The standard InChI is InChI=1S/C17H24N2O2/c20-17(16-7-3-4-12-18-16)19-13-8-10-15(11-9-13)21-14-5-1-2-6-14/h8-11,14,16,18H,1-7,12H2,(H,19,20)/t16-/m1/s1. The fourth-order valence-electron chi connectivity index (χ4n) is 3.12. The molecule has 1 amide bonds. The molecule has 2 N–H and O–H groups in total. The van der Waals surface area contributed by atoms with Crippen LogP contribution in [0.1, 0.15) is 44.9 Å². The number of anilines is 1. The van der Waals surface area contributed by atoms with Gasteiger partial charge in [0.05, 0.1) is 12.1 Å². The summed E-state index contributed by atoms with van der Waals surface area (Å²) in [4.78, 5) is 12.1. The van der Waals surface area contributed by atoms with Crippen LogP contribution < -0.4 is 15.4 Å². The molecule has 21 heavy (non-hydrogen) atoms. The first-order valence-corrected chi connectivity index (χ1v) is 8.12. The van der Waals surface area contributed by atoms with Crippen molar-refractivity contribution in [2.75, 3.05) is 11.9 Å². The van der Waals surface area contributed by atoms with Gasteiger partial charge in [0, 0.05) is 5.69 Å². The summed E-state index contributed by atoms with van der Waals surface area (Å²) >= 11 is 0. The number of hydrogen-bond donors (Lipinski definition) is 2. The molecule has 2 fully saturated rings. The third-order valence-electron chi connectivity index (χ3n) is 4.35. The van der Waals surface area contributed by atoms with E-state index in [0.29, 0.717) is 6.10 Å². The number of rotatable bonds is 4. The number of carbonyl (C=O) groups is 1. The Balaban J connectivity index is 1.52. The number of ether oxygens (including phenoxy) is 1. The molecule has 0 bridgehead atoms. The second kappa shape index (κ2) is 6.94. The predicted octanol–water partition coefficient (Wildman–Crippen LogP) is 3.09. The Morgan fingerprint density at radius 1 is 1.05 bits per heavy atom. The second-order valence-corrected chi connectivity index (χ2v) is 6.04. The summed E-state index contributed by atoms with van der Waals surface area (Å²) in [6.07, 6.45) is 8.44. The molecule has 1 saturated carbocycles. The lowest BCUT2D eigenvalue weighted by atomic mass is 10.0. The number of nitrogens with one attached hydrogen (secondary N) is 2. The molecular weight excluding hydrogens is 264 g/mol. The Morgan fingerprint density at radius 2 is 1.76 bits per heavy atom. The number of carbonyl (C=O) groups excluding carboxylic acids is 1. The van der Waals surface area contributed by atoms with E-state index in [1.54, 1.807) is 0 Å². The van der Waals surface area contributed by atoms with Gasteiger partial charge in [-0.15, -0.1) is 0 Å². The van der Waals surface area contributed by atoms with Crippen LogP contribution in [0.2, 0.25) is 0 Å². The van der Waals surface area contributed by atoms with E-state index in [1.807, 2.05) is 24.3 Å². The summed E-state index contributed by atoms with van der Waals surface area (Å²) in [7, 11) is 0. The van der Waals surface area contributed by atoms with E-state index in [-0.39, 0.29) is 11.9 Å². The van der Waals surface area contributed by atoms with Gasteiger partial charge in [-0.2, -0.15) is 0 Å². The molecule has 114 valence electrons. The van der Waals surface area contributed by atoms with Crippen molar-refractivity contribution >= 4 is 11.6 Å². The highest BCUT2D eigenvalue weighted by Gasteiger charge is 2.20. The molecule has 3 rings (SSSR count). The maximum absolute atomic E-state index is 12.1. The van der Waals surface area contributed by atoms with Gasteiger partial charge in [-0.25, -0.2) is 0 Å². The molecule has 1 aromatic rings. The van der Waals surface area contributed by atoms with E-state index in [9.17, 15) is 4.79 Å². The monoisotopic (exact) mass is 288 g/mol. The van der Waals surface area contributed by atoms with Crippen molar-refractivity contribution in [3.05, 3.63) is 24.3 Å². The molecule has 0 spiro atoms. The van der Waals surface area contributed by atoms with Gasteiger partial charge >= 0.3 is 0 Å². The Bertz CT molecular complexity index is 460. The van der Waals surface area contributed by atoms with Crippen LogP contribution in [-0.2, 0) is 4.79 Å². The molecule has 4 nitrogen and oxygen atoms in total. The van der Waals surface area contributed by atoms with Crippen molar-refractivity contribution in [1.82, 2.24) is 5.32 Å². The Labute approximate surface area is 126 Å². The van der Waals surface area contributed by atoms with E-state index in [2.05, 4.69) is 10.6 Å². The van der Waals surface area contributed by atoms with Crippen LogP contribution in [0.4, 0.5) is 5.69 Å². The van der Waals surface area contributed by atoms with Crippen LogP contribution in [0.5, 0.6) is 5.75 Å². The summed E-state index contributed by atoms with van der Waals surface area (Å²) < 4.78 is 5.93. The van der Waals surface area contributed by atoms with Crippen LogP contribution in [0.3, 0.4) is 0 Å². The van der Waals surface area contributed by atoms with Crippen LogP contribution in [0.25, 0.3) is 0 Å². The minimum Gasteiger partial charge on any atom is -0.490 e. The van der Waals surface area contributed by atoms with E-state index in [1.165, 1.54) is 12.8 Å². The van der Waals surface area contributed by atoms with Crippen LogP contribution >= 0.6 is 0 Å². The number of amides is 1. The number of benzene rings is 1. The molecule has 4 heteroatoms. The van der Waals surface area contributed by atoms with E-state index in [0.717, 1.165) is 50.1 Å². The molecule has 1 aromatic carbocycles. The summed E-state index contributed by atoms with van der Waals surface area (Å²) in [5.74, 6) is 0.967. The van der Waals surface area contributed by atoms with Gasteiger partial charge in [0.2, 0.25) is 5.91 Å². The highest BCUT2D eigenvalue weighted by atomic mass is 16.5. The number of piperidine rings is 1. The first-order valence-electron chi connectivity index (χ1n) is 8.12. The second-order valence-electron chi connectivity index (χ2n) is 6.04. The third-order valence-corrected chi connectivity index (χ3v) is 4.35. The molecule has 0 unspecified atom stereocenters. The van der Waals surface area contributed by atoms with E-state index >= 15 is 0 Å². The van der Waals surface area contributed by atoms with Crippen molar-refractivity contribution in [2.24, 2.45) is 0 Å². The average molecular weight is 288 g/mol. The van der Waals surface area contributed by atoms with Gasteiger partial charge in [-0.1, -0.05) is 6.42 Å². The molecule has 1 heterocycles. The highest BCUT2D eigenvalue weighted by Crippen LogP contribution is 2.25. The zero-order valence-corrected chi connectivity index (χ0v) is 12.4. The summed E-state index contributed by atoms with van der Waals surface area (Å²) in [6.45, 7) is 0.937. The van der Waals surface area contributed by atoms with Gasteiger partial charge in [-0.3, -0.25) is 4.79 Å². The van der Waals surface area contributed by atoms with Gasteiger partial charge in [0.15, 0.2) is 0 Å². The Kier molecular flexibility index (Phi) is 4.76. The van der Waals surface area contributed by atoms with Crippen molar-refractivity contribution in [1.29, 1.82) is 0 Å². The average Bonchev–Trinajstić information content (AvgIpc) is 3.03. The summed E-state index contributed by atoms with van der Waals surface area (Å²) in [6, 6.07) is 7.69. The third kappa shape index (κ3) is 3.97. The van der Waals surface area contributed by atoms with Gasteiger partial charge in [-0.05, 0) is 69.3 Å². The quantitative estimate of drug-likeness (QED) is 0.895. The zero-order chi connectivity index (χ0) is 14.5. The predicted molar refractivity (Wildman–Crippen MR) is 83.6 cm³/mol. The largest absolute Gasteiger partial charge is 0.490 e. The normalized spacial score (nSPS) is 23.0. The summed E-state index contributed by atoms with van der Waals surface area (Å²) in [5, 5.41) is 6.24. The SMILES string of the molecule is O=C(Nc1ccc(OC2CCCC2)cc1)[C@H]1CCCCN1. The molecule has 1 saturated heterocycles. The first kappa shape index (κ1) is 14.4. The minimum atomic E-state index is -0.0480. The maximum atomic E-state index is 12.1. The maximum Gasteiger partial charge on any atom is 0.241 e. The van der Waals surface area contributed by atoms with Gasteiger partial charge in [0.25, 0.3) is 0 Å². The molecular formula is C17H24N2O2. The lowest BCUT2D eigenvalue weighted by Crippen LogP contribution is -2.43. The highest BCUT2D eigenvalue weighted by molar-refractivity contribution is 5.94.